The molecule has 0 N–H and O–H groups in total. The smallest absolute Gasteiger partial charge is 0.119 e. The first-order valence-corrected chi connectivity index (χ1v) is 5.02. The number of allylic oxidation sites excluding steroid dienone is 3. The summed E-state index contributed by atoms with van der Waals surface area (Å²) >= 11 is 1.66. The predicted octanol–water partition coefficient (Wildman–Crippen LogP) is 3.77. The molecule has 0 saturated carbocycles. The highest BCUT2D eigenvalue weighted by Crippen LogP contribution is 2.22. The first kappa shape index (κ1) is 9.93. The number of hydrogen-bond donors (Lipinski definition) is 0. The number of thiazole rings is 1. The zero-order valence-corrected chi connectivity index (χ0v) is 8.60. The molecule has 0 aliphatic carbocycles. The highest BCUT2D eigenvalue weighted by molar-refractivity contribution is 7.13. The number of nitrogens with zero attached hydrogens (tertiary/aromatic N) is 1. The molecule has 1 nitrogen and oxygen atoms in total. The minimum Gasteiger partial charge on any atom is -0.244 e. The minimum atomic E-state index is 0.956. The molecule has 2 heteroatoms. The van der Waals surface area contributed by atoms with Gasteiger partial charge in [0.25, 0.3) is 0 Å². The van der Waals surface area contributed by atoms with Crippen LogP contribution in [0.4, 0.5) is 0 Å². The van der Waals surface area contributed by atoms with Crippen LogP contribution in [0.1, 0.15) is 23.2 Å². The summed E-state index contributed by atoms with van der Waals surface area (Å²) in [7, 11) is 0. The van der Waals surface area contributed by atoms with E-state index in [1.54, 1.807) is 17.4 Å². The average Bonchev–Trinajstić information content (AvgIpc) is 2.62. The second kappa shape index (κ2) is 4.77. The van der Waals surface area contributed by atoms with Gasteiger partial charge in [-0.2, -0.15) is 0 Å². The van der Waals surface area contributed by atoms with E-state index in [9.17, 15) is 0 Å². The van der Waals surface area contributed by atoms with E-state index < -0.39 is 0 Å². The normalized spacial score (nSPS) is 10.5. The van der Waals surface area contributed by atoms with Crippen LogP contribution in [0, 0.1) is 0 Å². The Kier molecular flexibility index (Phi) is 3.65. The van der Waals surface area contributed by atoms with Crippen LogP contribution in [0.5, 0.6) is 0 Å². The van der Waals surface area contributed by atoms with Gasteiger partial charge in [-0.15, -0.1) is 11.3 Å². The molecule has 0 atom stereocenters. The van der Waals surface area contributed by atoms with Gasteiger partial charge < -0.3 is 0 Å². The monoisotopic (exact) mass is 191 g/mol. The Morgan fingerprint density at radius 1 is 1.69 bits per heavy atom. The molecule has 0 aliphatic rings. The molecule has 0 saturated heterocycles. The van der Waals surface area contributed by atoms with Crippen LogP contribution < -0.4 is 0 Å². The van der Waals surface area contributed by atoms with E-state index in [2.05, 4.69) is 25.1 Å². The molecule has 68 valence electrons. The molecule has 0 aliphatic heterocycles. The van der Waals surface area contributed by atoms with Crippen molar-refractivity contribution in [2.75, 3.05) is 0 Å². The molecular weight excluding hydrogens is 178 g/mol. The van der Waals surface area contributed by atoms with Crippen molar-refractivity contribution < 1.29 is 0 Å². The molecule has 0 fully saturated rings. The van der Waals surface area contributed by atoms with Crippen molar-refractivity contribution in [2.45, 2.75) is 13.3 Å². The van der Waals surface area contributed by atoms with Gasteiger partial charge in [0, 0.05) is 11.1 Å². The van der Waals surface area contributed by atoms with Crippen LogP contribution in [0.2, 0.25) is 0 Å². The van der Waals surface area contributed by atoms with E-state index in [1.807, 2.05) is 18.3 Å². The van der Waals surface area contributed by atoms with Crippen LogP contribution in [0.15, 0.2) is 31.5 Å². The lowest BCUT2D eigenvalue weighted by atomic mass is 10.2. The maximum absolute atomic E-state index is 4.27. The summed E-state index contributed by atoms with van der Waals surface area (Å²) in [4.78, 5) is 5.42. The Hall–Kier alpha value is -1.15. The number of hydrogen-bond acceptors (Lipinski definition) is 2. The summed E-state index contributed by atoms with van der Waals surface area (Å²) in [6.45, 7) is 9.64. The van der Waals surface area contributed by atoms with Crippen LogP contribution in [0.25, 0.3) is 11.6 Å². The third-order valence-electron chi connectivity index (χ3n) is 1.65. The first-order chi connectivity index (χ1) is 6.27. The molecule has 1 rings (SSSR count). The maximum atomic E-state index is 4.27. The van der Waals surface area contributed by atoms with Crippen molar-refractivity contribution in [3.05, 3.63) is 41.4 Å². The van der Waals surface area contributed by atoms with Crippen LogP contribution >= 0.6 is 11.3 Å². The largest absolute Gasteiger partial charge is 0.244 e. The molecule has 1 heterocycles. The van der Waals surface area contributed by atoms with Gasteiger partial charge in [-0.25, -0.2) is 4.98 Å². The van der Waals surface area contributed by atoms with Gasteiger partial charge in [-0.05, 0) is 18.1 Å². The molecule has 0 aromatic carbocycles. The molecule has 0 radical (unpaired) electrons. The van der Waals surface area contributed by atoms with E-state index >= 15 is 0 Å². The SMILES string of the molecule is C=C/C=C\c1cnc(C(=C)CC)s1. The number of rotatable bonds is 4. The van der Waals surface area contributed by atoms with E-state index in [0.29, 0.717) is 0 Å². The zero-order chi connectivity index (χ0) is 9.68. The van der Waals surface area contributed by atoms with Gasteiger partial charge >= 0.3 is 0 Å². The third-order valence-corrected chi connectivity index (χ3v) is 2.71. The lowest BCUT2D eigenvalue weighted by Crippen LogP contribution is -1.75. The fraction of sp³-hybridized carbons (Fsp3) is 0.182. The van der Waals surface area contributed by atoms with E-state index in [4.69, 9.17) is 0 Å². The molecule has 0 unspecified atom stereocenters. The molecule has 1 aromatic heterocycles. The van der Waals surface area contributed by atoms with Crippen LogP contribution in [0.3, 0.4) is 0 Å². The van der Waals surface area contributed by atoms with Crippen molar-refractivity contribution in [1.29, 1.82) is 0 Å². The fourth-order valence-corrected chi connectivity index (χ4v) is 1.71. The minimum absolute atomic E-state index is 0.956. The molecule has 13 heavy (non-hydrogen) atoms. The Morgan fingerprint density at radius 3 is 3.08 bits per heavy atom. The standard InChI is InChI=1S/C11H13NS/c1-4-6-7-10-8-12-11(13-10)9(3)5-2/h4,6-8H,1,3,5H2,2H3/b7-6-. The van der Waals surface area contributed by atoms with E-state index in [0.717, 1.165) is 21.9 Å². The van der Waals surface area contributed by atoms with Crippen molar-refractivity contribution in [1.82, 2.24) is 4.98 Å². The summed E-state index contributed by atoms with van der Waals surface area (Å²) in [6, 6.07) is 0. The van der Waals surface area contributed by atoms with Gasteiger partial charge in [0.1, 0.15) is 5.01 Å². The van der Waals surface area contributed by atoms with Gasteiger partial charge in [-0.1, -0.05) is 32.2 Å². The lowest BCUT2D eigenvalue weighted by Gasteiger charge is -1.92. The molecular formula is C11H13NS. The Balaban J connectivity index is 2.80. The second-order valence-electron chi connectivity index (χ2n) is 2.62. The van der Waals surface area contributed by atoms with E-state index in [1.165, 1.54) is 0 Å². The van der Waals surface area contributed by atoms with Gasteiger partial charge in [0.15, 0.2) is 0 Å². The van der Waals surface area contributed by atoms with Gasteiger partial charge in [0.2, 0.25) is 0 Å². The third kappa shape index (κ3) is 2.67. The van der Waals surface area contributed by atoms with Crippen LogP contribution in [-0.4, -0.2) is 4.98 Å². The Labute approximate surface area is 83.1 Å². The summed E-state index contributed by atoms with van der Waals surface area (Å²) in [5.74, 6) is 0. The van der Waals surface area contributed by atoms with Crippen molar-refractivity contribution in [2.24, 2.45) is 0 Å². The average molecular weight is 191 g/mol. The Morgan fingerprint density at radius 2 is 2.46 bits per heavy atom. The van der Waals surface area contributed by atoms with E-state index in [-0.39, 0.29) is 0 Å². The van der Waals surface area contributed by atoms with Crippen LogP contribution in [-0.2, 0) is 0 Å². The first-order valence-electron chi connectivity index (χ1n) is 4.21. The predicted molar refractivity (Wildman–Crippen MR) is 60.7 cm³/mol. The fourth-order valence-electron chi connectivity index (χ4n) is 0.841. The molecule has 1 aromatic rings. The molecule has 0 spiro atoms. The molecule has 0 bridgehead atoms. The second-order valence-corrected chi connectivity index (χ2v) is 3.68. The highest BCUT2D eigenvalue weighted by Gasteiger charge is 2.01. The lowest BCUT2D eigenvalue weighted by molar-refractivity contribution is 1.22. The summed E-state index contributed by atoms with van der Waals surface area (Å²) < 4.78 is 0. The summed E-state index contributed by atoms with van der Waals surface area (Å²) in [5, 5.41) is 1.03. The highest BCUT2D eigenvalue weighted by atomic mass is 32.1. The topological polar surface area (TPSA) is 12.9 Å². The van der Waals surface area contributed by atoms with Crippen molar-refractivity contribution >= 4 is 23.0 Å². The van der Waals surface area contributed by atoms with Crippen molar-refractivity contribution in [3.8, 4) is 0 Å². The summed E-state index contributed by atoms with van der Waals surface area (Å²) in [6.07, 6.45) is 8.48. The van der Waals surface area contributed by atoms with Gasteiger partial charge in [-0.3, -0.25) is 0 Å². The van der Waals surface area contributed by atoms with Gasteiger partial charge in [0.05, 0.1) is 0 Å². The van der Waals surface area contributed by atoms with Crippen molar-refractivity contribution in [3.63, 3.8) is 0 Å². The molecule has 0 amide bonds. The zero-order valence-electron chi connectivity index (χ0n) is 7.79. The Bertz CT molecular complexity index is 334. The summed E-state index contributed by atoms with van der Waals surface area (Å²) in [5.41, 5.74) is 1.10. The number of aromatic nitrogens is 1. The quantitative estimate of drug-likeness (QED) is 0.660. The maximum Gasteiger partial charge on any atom is 0.119 e.